The third kappa shape index (κ3) is 4.88. The van der Waals surface area contributed by atoms with Crippen LogP contribution in [0.2, 0.25) is 5.02 Å². The Morgan fingerprint density at radius 3 is 2.81 bits per heavy atom. The van der Waals surface area contributed by atoms with E-state index in [1.165, 1.54) is 27.7 Å². The smallest absolute Gasteiger partial charge is 0.262 e. The molecule has 2 aromatic heterocycles. The van der Waals surface area contributed by atoms with Crippen molar-refractivity contribution in [3.63, 3.8) is 0 Å². The molecule has 0 atom stereocenters. The number of nitrogens with one attached hydrogen (secondary N) is 1. The van der Waals surface area contributed by atoms with Crippen LogP contribution >= 0.6 is 34.7 Å². The van der Waals surface area contributed by atoms with E-state index in [2.05, 4.69) is 15.3 Å². The van der Waals surface area contributed by atoms with Gasteiger partial charge in [0.2, 0.25) is 5.91 Å². The molecule has 0 saturated heterocycles. The van der Waals surface area contributed by atoms with E-state index in [-0.39, 0.29) is 17.2 Å². The number of methoxy groups -OCH3 is 2. The van der Waals surface area contributed by atoms with Crippen LogP contribution in [0, 0.1) is 0 Å². The first-order valence-electron chi connectivity index (χ1n) is 9.55. The van der Waals surface area contributed by atoms with E-state index in [1.807, 2.05) is 18.2 Å². The lowest BCUT2D eigenvalue weighted by Crippen LogP contribution is -2.26. The lowest BCUT2D eigenvalue weighted by molar-refractivity contribution is -0.113. The number of amides is 1. The van der Waals surface area contributed by atoms with E-state index in [0.29, 0.717) is 39.4 Å². The maximum atomic E-state index is 12.9. The van der Waals surface area contributed by atoms with Crippen molar-refractivity contribution >= 4 is 66.9 Å². The molecule has 0 unspecified atom stereocenters. The number of hydrogen-bond acceptors (Lipinski definition) is 8. The minimum Gasteiger partial charge on any atom is -0.497 e. The van der Waals surface area contributed by atoms with E-state index in [1.54, 1.807) is 32.4 Å². The van der Waals surface area contributed by atoms with Gasteiger partial charge in [-0.2, -0.15) is 0 Å². The highest BCUT2D eigenvalue weighted by atomic mass is 35.5. The fourth-order valence-corrected chi connectivity index (χ4v) is 4.94. The topological polar surface area (TPSA) is 95.3 Å². The average Bonchev–Trinajstić information content (AvgIpc) is 3.18. The second kappa shape index (κ2) is 9.86. The Balaban J connectivity index is 1.53. The van der Waals surface area contributed by atoms with Gasteiger partial charge in [-0.3, -0.25) is 14.2 Å². The van der Waals surface area contributed by atoms with Crippen molar-refractivity contribution < 1.29 is 14.3 Å². The zero-order chi connectivity index (χ0) is 22.7. The Morgan fingerprint density at radius 2 is 2.03 bits per heavy atom. The minimum atomic E-state index is -0.250. The van der Waals surface area contributed by atoms with Crippen LogP contribution in [0.4, 0.5) is 5.13 Å². The van der Waals surface area contributed by atoms with E-state index < -0.39 is 0 Å². The van der Waals surface area contributed by atoms with Crippen molar-refractivity contribution in [3.8, 4) is 5.75 Å². The van der Waals surface area contributed by atoms with Gasteiger partial charge in [-0.25, -0.2) is 9.97 Å². The molecular weight excluding hydrogens is 472 g/mol. The summed E-state index contributed by atoms with van der Waals surface area (Å²) in [6.45, 7) is 0.667. The fourth-order valence-electron chi connectivity index (χ4n) is 3.03. The molecule has 0 radical (unpaired) electrons. The molecule has 0 spiro atoms. The second-order valence-electron chi connectivity index (χ2n) is 6.69. The van der Waals surface area contributed by atoms with Gasteiger partial charge in [-0.05, 0) is 36.4 Å². The van der Waals surface area contributed by atoms with Gasteiger partial charge in [-0.15, -0.1) is 0 Å². The highest BCUT2D eigenvalue weighted by molar-refractivity contribution is 7.99. The largest absolute Gasteiger partial charge is 0.497 e. The molecule has 2 heterocycles. The van der Waals surface area contributed by atoms with Gasteiger partial charge in [-0.1, -0.05) is 34.7 Å². The summed E-state index contributed by atoms with van der Waals surface area (Å²) in [5.41, 5.74) is 1.06. The highest BCUT2D eigenvalue weighted by Crippen LogP contribution is 2.29. The van der Waals surface area contributed by atoms with Gasteiger partial charge in [0, 0.05) is 12.1 Å². The Labute approximate surface area is 196 Å². The molecule has 1 amide bonds. The molecule has 166 valence electrons. The molecule has 0 bridgehead atoms. The lowest BCUT2D eigenvalue weighted by atomic mass is 10.2. The summed E-state index contributed by atoms with van der Waals surface area (Å²) in [6, 6.07) is 10.5. The minimum absolute atomic E-state index is 0.0603. The van der Waals surface area contributed by atoms with Crippen molar-refractivity contribution in [1.82, 2.24) is 14.5 Å². The standard InChI is InChI=1S/C21H19ClN4O4S2/c1-29-8-7-26-19(28)14-5-3-12(22)9-16(14)24-21(26)31-11-18(27)25-20-23-15-6-4-13(30-2)10-17(15)32-20/h3-6,9-10H,7-8,11H2,1-2H3,(H,23,25,27). The van der Waals surface area contributed by atoms with Crippen LogP contribution in [-0.2, 0) is 16.1 Å². The van der Waals surface area contributed by atoms with Crippen molar-refractivity contribution in [2.75, 3.05) is 31.9 Å². The first-order valence-corrected chi connectivity index (χ1v) is 11.7. The number of ether oxygens (including phenoxy) is 2. The predicted octanol–water partition coefficient (Wildman–Crippen LogP) is 4.05. The van der Waals surface area contributed by atoms with E-state index >= 15 is 0 Å². The van der Waals surface area contributed by atoms with Gasteiger partial charge < -0.3 is 14.8 Å². The molecule has 4 rings (SSSR count). The number of aromatic nitrogens is 3. The fraction of sp³-hybridized carbons (Fsp3) is 0.238. The number of hydrogen-bond donors (Lipinski definition) is 1. The zero-order valence-corrected chi connectivity index (χ0v) is 19.6. The molecule has 32 heavy (non-hydrogen) atoms. The summed E-state index contributed by atoms with van der Waals surface area (Å²) in [7, 11) is 3.16. The number of rotatable bonds is 8. The third-order valence-electron chi connectivity index (χ3n) is 4.58. The predicted molar refractivity (Wildman–Crippen MR) is 128 cm³/mol. The van der Waals surface area contributed by atoms with Gasteiger partial charge >= 0.3 is 0 Å². The van der Waals surface area contributed by atoms with Gasteiger partial charge in [0.25, 0.3) is 5.56 Å². The van der Waals surface area contributed by atoms with Crippen molar-refractivity contribution in [2.24, 2.45) is 0 Å². The van der Waals surface area contributed by atoms with Crippen LogP contribution in [0.25, 0.3) is 21.1 Å². The van der Waals surface area contributed by atoms with Gasteiger partial charge in [0.15, 0.2) is 10.3 Å². The summed E-state index contributed by atoms with van der Waals surface area (Å²) in [5, 5.41) is 4.67. The monoisotopic (exact) mass is 490 g/mol. The van der Waals surface area contributed by atoms with Crippen LogP contribution in [0.3, 0.4) is 0 Å². The van der Waals surface area contributed by atoms with Crippen LogP contribution < -0.4 is 15.6 Å². The molecule has 0 fully saturated rings. The number of halogens is 1. The Bertz CT molecular complexity index is 1360. The zero-order valence-electron chi connectivity index (χ0n) is 17.3. The molecular formula is C21H19ClN4O4S2. The number of thiazole rings is 1. The van der Waals surface area contributed by atoms with Crippen LogP contribution in [0.15, 0.2) is 46.3 Å². The molecule has 4 aromatic rings. The summed E-state index contributed by atoms with van der Waals surface area (Å²) in [6.07, 6.45) is 0. The summed E-state index contributed by atoms with van der Waals surface area (Å²) < 4.78 is 12.8. The molecule has 1 N–H and O–H groups in total. The van der Waals surface area contributed by atoms with Gasteiger partial charge in [0.1, 0.15) is 5.75 Å². The van der Waals surface area contributed by atoms with E-state index in [4.69, 9.17) is 21.1 Å². The first-order chi connectivity index (χ1) is 15.5. The summed E-state index contributed by atoms with van der Waals surface area (Å²) in [5.74, 6) is 0.538. The molecule has 11 heteroatoms. The highest BCUT2D eigenvalue weighted by Gasteiger charge is 2.15. The normalized spacial score (nSPS) is 11.2. The molecule has 0 aliphatic rings. The Hall–Kier alpha value is -2.66. The van der Waals surface area contributed by atoms with Crippen molar-refractivity contribution in [1.29, 1.82) is 0 Å². The Kier molecular flexibility index (Phi) is 6.95. The SMILES string of the molecule is COCCn1c(SCC(=O)Nc2nc3ccc(OC)cc3s2)nc2cc(Cl)ccc2c1=O. The molecule has 0 saturated carbocycles. The maximum Gasteiger partial charge on any atom is 0.262 e. The van der Waals surface area contributed by atoms with Gasteiger partial charge in [0.05, 0.1) is 47.1 Å². The van der Waals surface area contributed by atoms with Crippen molar-refractivity contribution in [2.45, 2.75) is 11.7 Å². The molecule has 8 nitrogen and oxygen atoms in total. The average molecular weight is 491 g/mol. The number of fused-ring (bicyclic) bond motifs is 2. The lowest BCUT2D eigenvalue weighted by Gasteiger charge is -2.12. The number of carbonyl (C=O) groups excluding carboxylic acids is 1. The molecule has 2 aromatic carbocycles. The summed E-state index contributed by atoms with van der Waals surface area (Å²) >= 11 is 8.60. The van der Waals surface area contributed by atoms with Crippen molar-refractivity contribution in [3.05, 3.63) is 51.8 Å². The number of thioether (sulfide) groups is 1. The number of carbonyl (C=O) groups is 1. The van der Waals surface area contributed by atoms with Crippen LogP contribution in [0.5, 0.6) is 5.75 Å². The van der Waals surface area contributed by atoms with Crippen LogP contribution in [-0.4, -0.2) is 47.0 Å². The Morgan fingerprint density at radius 1 is 1.19 bits per heavy atom. The quantitative estimate of drug-likeness (QED) is 0.294. The molecule has 0 aliphatic heterocycles. The number of benzene rings is 2. The first kappa shape index (κ1) is 22.5. The third-order valence-corrected chi connectivity index (χ3v) is 6.72. The second-order valence-corrected chi connectivity index (χ2v) is 9.10. The van der Waals surface area contributed by atoms with E-state index in [0.717, 1.165) is 16.0 Å². The maximum absolute atomic E-state index is 12.9. The summed E-state index contributed by atoms with van der Waals surface area (Å²) in [4.78, 5) is 34.5. The number of nitrogens with zero attached hydrogens (tertiary/aromatic N) is 3. The number of anilines is 1. The molecule has 0 aliphatic carbocycles. The van der Waals surface area contributed by atoms with Crippen LogP contribution in [0.1, 0.15) is 0 Å². The van der Waals surface area contributed by atoms with E-state index in [9.17, 15) is 9.59 Å².